The molecule has 0 amide bonds. The van der Waals surface area contributed by atoms with Crippen molar-refractivity contribution in [3.05, 3.63) is 97.1 Å². The number of nitrogens with zero attached hydrogens (tertiary/aromatic N) is 1. The smallest absolute Gasteiger partial charge is 0.414 e. The molecule has 0 unspecified atom stereocenters. The Balaban J connectivity index is 1.92. The van der Waals surface area contributed by atoms with Gasteiger partial charge in [-0.25, -0.2) is 4.31 Å². The van der Waals surface area contributed by atoms with E-state index in [-0.39, 0.29) is 11.5 Å². The molecule has 0 aliphatic carbocycles. The third-order valence-corrected chi connectivity index (χ3v) is 5.51. The van der Waals surface area contributed by atoms with E-state index in [2.05, 4.69) is 0 Å². The Bertz CT molecular complexity index is 1210. The van der Waals surface area contributed by atoms with E-state index in [9.17, 15) is 13.5 Å². The van der Waals surface area contributed by atoms with Crippen molar-refractivity contribution in [2.45, 2.75) is 0 Å². The molecule has 5 nitrogen and oxygen atoms in total. The van der Waals surface area contributed by atoms with Crippen molar-refractivity contribution >= 4 is 32.5 Å². The van der Waals surface area contributed by atoms with Gasteiger partial charge in [0.05, 0.1) is 11.4 Å². The largest absolute Gasteiger partial charge is 0.507 e. The van der Waals surface area contributed by atoms with Crippen molar-refractivity contribution in [1.82, 2.24) is 0 Å². The first kappa shape index (κ1) is 17.9. The van der Waals surface area contributed by atoms with Gasteiger partial charge in [0, 0.05) is 10.8 Å². The van der Waals surface area contributed by atoms with Crippen LogP contribution in [-0.2, 0) is 10.3 Å². The normalized spacial score (nSPS) is 11.3. The van der Waals surface area contributed by atoms with Gasteiger partial charge in [-0.15, -0.1) is 0 Å². The van der Waals surface area contributed by atoms with Gasteiger partial charge in [-0.1, -0.05) is 60.7 Å². The van der Waals surface area contributed by atoms with Gasteiger partial charge in [0.2, 0.25) is 0 Å². The van der Waals surface area contributed by atoms with Crippen LogP contribution in [0.25, 0.3) is 10.8 Å². The van der Waals surface area contributed by atoms with Crippen LogP contribution >= 0.6 is 0 Å². The molecule has 0 saturated carbocycles. The number of phenols is 1. The zero-order valence-electron chi connectivity index (χ0n) is 14.8. The molecule has 0 aliphatic heterocycles. The summed E-state index contributed by atoms with van der Waals surface area (Å²) in [5, 5.41) is 11.3. The Morgan fingerprint density at radius 2 is 1.29 bits per heavy atom. The van der Waals surface area contributed by atoms with Crippen LogP contribution in [-0.4, -0.2) is 13.5 Å². The third-order valence-electron chi connectivity index (χ3n) is 4.25. The Labute approximate surface area is 163 Å². The van der Waals surface area contributed by atoms with Gasteiger partial charge < -0.3 is 9.29 Å². The van der Waals surface area contributed by atoms with Crippen LogP contribution in [0.15, 0.2) is 97.1 Å². The molecule has 1 N–H and O–H groups in total. The fourth-order valence-corrected chi connectivity index (χ4v) is 4.25. The van der Waals surface area contributed by atoms with Crippen molar-refractivity contribution in [1.29, 1.82) is 0 Å². The number of phenolic OH excluding ortho intramolecular Hbond substituents is 1. The van der Waals surface area contributed by atoms with Crippen molar-refractivity contribution in [3.8, 4) is 11.5 Å². The molecule has 0 radical (unpaired) electrons. The van der Waals surface area contributed by atoms with Gasteiger partial charge in [0.25, 0.3) is 0 Å². The van der Waals surface area contributed by atoms with E-state index in [1.54, 1.807) is 97.1 Å². The summed E-state index contributed by atoms with van der Waals surface area (Å²) in [4.78, 5) is 0. The lowest BCUT2D eigenvalue weighted by Gasteiger charge is -2.25. The zero-order valence-corrected chi connectivity index (χ0v) is 15.6. The van der Waals surface area contributed by atoms with E-state index in [4.69, 9.17) is 4.18 Å². The Morgan fingerprint density at radius 1 is 0.679 bits per heavy atom. The molecule has 0 aromatic heterocycles. The molecule has 0 fully saturated rings. The first-order valence-corrected chi connectivity index (χ1v) is 9.98. The molecule has 0 spiro atoms. The van der Waals surface area contributed by atoms with Gasteiger partial charge >= 0.3 is 10.3 Å². The van der Waals surface area contributed by atoms with Crippen LogP contribution in [0.2, 0.25) is 0 Å². The van der Waals surface area contributed by atoms with Crippen LogP contribution in [0.1, 0.15) is 0 Å². The molecule has 6 heteroatoms. The molecule has 0 atom stereocenters. The second-order valence-corrected chi connectivity index (χ2v) is 7.49. The maximum Gasteiger partial charge on any atom is 0.414 e. The molecule has 4 aromatic rings. The summed E-state index contributed by atoms with van der Waals surface area (Å²) in [7, 11) is -4.23. The third kappa shape index (κ3) is 3.37. The molecular formula is C22H17NO4S. The van der Waals surface area contributed by atoms with Crippen molar-refractivity contribution in [3.63, 3.8) is 0 Å². The van der Waals surface area contributed by atoms with Gasteiger partial charge in [-0.2, -0.15) is 8.42 Å². The highest BCUT2D eigenvalue weighted by Crippen LogP contribution is 2.37. The van der Waals surface area contributed by atoms with E-state index in [0.717, 1.165) is 4.31 Å². The number of hydrogen-bond donors (Lipinski definition) is 1. The quantitative estimate of drug-likeness (QED) is 0.519. The summed E-state index contributed by atoms with van der Waals surface area (Å²) in [6.45, 7) is 0. The Morgan fingerprint density at radius 3 is 2.00 bits per heavy atom. The first-order valence-electron chi connectivity index (χ1n) is 8.62. The molecule has 28 heavy (non-hydrogen) atoms. The van der Waals surface area contributed by atoms with Crippen LogP contribution in [0.5, 0.6) is 11.5 Å². The van der Waals surface area contributed by atoms with Crippen molar-refractivity contribution in [2.24, 2.45) is 0 Å². The fraction of sp³-hybridized carbons (Fsp3) is 0. The lowest BCUT2D eigenvalue weighted by molar-refractivity contribution is 0.481. The second-order valence-electron chi connectivity index (χ2n) is 6.10. The topological polar surface area (TPSA) is 66.8 Å². The van der Waals surface area contributed by atoms with Crippen molar-refractivity contribution < 1.29 is 17.7 Å². The summed E-state index contributed by atoms with van der Waals surface area (Å²) in [5.74, 6) is 0.292. The minimum Gasteiger partial charge on any atom is -0.507 e. The maximum atomic E-state index is 13.3. The lowest BCUT2D eigenvalue weighted by Crippen LogP contribution is -2.30. The van der Waals surface area contributed by atoms with Gasteiger partial charge in [-0.3, -0.25) is 0 Å². The molecular weight excluding hydrogens is 374 g/mol. The predicted octanol–water partition coefficient (Wildman–Crippen LogP) is 5.01. The summed E-state index contributed by atoms with van der Waals surface area (Å²) in [6, 6.07) is 27.2. The molecule has 4 rings (SSSR count). The molecule has 0 saturated heterocycles. The average Bonchev–Trinajstić information content (AvgIpc) is 2.70. The molecule has 140 valence electrons. The van der Waals surface area contributed by atoms with Crippen LogP contribution in [0.3, 0.4) is 0 Å². The van der Waals surface area contributed by atoms with Crippen LogP contribution in [0.4, 0.5) is 11.4 Å². The summed E-state index contributed by atoms with van der Waals surface area (Å²) < 4.78 is 33.1. The summed E-state index contributed by atoms with van der Waals surface area (Å²) in [6.07, 6.45) is 0. The SMILES string of the molecule is O=S(=O)(Oc1ccccc1)N(c1ccccc1)c1cccc2c(O)cccc12. The maximum absolute atomic E-state index is 13.3. The predicted molar refractivity (Wildman–Crippen MR) is 110 cm³/mol. The number of rotatable bonds is 5. The van der Waals surface area contributed by atoms with Gasteiger partial charge in [0.1, 0.15) is 11.5 Å². The Kier molecular flexibility index (Phi) is 4.63. The highest BCUT2D eigenvalue weighted by Gasteiger charge is 2.28. The Hall–Kier alpha value is -3.51. The minimum absolute atomic E-state index is 0.0775. The number of anilines is 2. The minimum atomic E-state index is -4.23. The molecule has 0 aliphatic rings. The lowest BCUT2D eigenvalue weighted by atomic mass is 10.1. The van der Waals surface area contributed by atoms with E-state index >= 15 is 0 Å². The van der Waals surface area contributed by atoms with Crippen molar-refractivity contribution in [2.75, 3.05) is 4.31 Å². The number of para-hydroxylation sites is 2. The van der Waals surface area contributed by atoms with E-state index in [1.807, 2.05) is 0 Å². The number of aromatic hydroxyl groups is 1. The number of fused-ring (bicyclic) bond motifs is 1. The average molecular weight is 391 g/mol. The van der Waals surface area contributed by atoms with Crippen LogP contribution in [0, 0.1) is 0 Å². The van der Waals surface area contributed by atoms with Gasteiger partial charge in [-0.05, 0) is 36.4 Å². The van der Waals surface area contributed by atoms with Gasteiger partial charge in [0.15, 0.2) is 0 Å². The molecule has 0 bridgehead atoms. The van der Waals surface area contributed by atoms with Crippen LogP contribution < -0.4 is 8.49 Å². The van der Waals surface area contributed by atoms with E-state index in [1.165, 1.54) is 0 Å². The molecule has 0 heterocycles. The summed E-state index contributed by atoms with van der Waals surface area (Å²) >= 11 is 0. The zero-order chi connectivity index (χ0) is 19.6. The number of hydrogen-bond acceptors (Lipinski definition) is 4. The highest BCUT2D eigenvalue weighted by atomic mass is 32.2. The number of benzene rings is 4. The monoisotopic (exact) mass is 391 g/mol. The second kappa shape index (κ2) is 7.25. The van der Waals surface area contributed by atoms with E-state index < -0.39 is 10.3 Å². The molecule has 4 aromatic carbocycles. The summed E-state index contributed by atoms with van der Waals surface area (Å²) in [5.41, 5.74) is 0.810. The fourth-order valence-electron chi connectivity index (χ4n) is 3.04. The van der Waals surface area contributed by atoms with E-state index in [0.29, 0.717) is 22.1 Å². The standard InChI is InChI=1S/C22H17NO4S/c24-22-16-8-13-19-20(22)14-7-15-21(19)23(17-9-3-1-4-10-17)28(25,26)27-18-11-5-2-6-12-18/h1-16,24H. The highest BCUT2D eigenvalue weighted by molar-refractivity contribution is 7.88. The first-order chi connectivity index (χ1) is 13.6.